The van der Waals surface area contributed by atoms with E-state index in [9.17, 15) is 8.78 Å². The lowest BCUT2D eigenvalue weighted by Crippen LogP contribution is -2.41. The van der Waals surface area contributed by atoms with Gasteiger partial charge >= 0.3 is 0 Å². The van der Waals surface area contributed by atoms with E-state index >= 15 is 0 Å². The Morgan fingerprint density at radius 1 is 0.929 bits per heavy atom. The first-order valence-corrected chi connectivity index (χ1v) is 11.7. The SMILES string of the molecule is CC=CCCC1CCC2C(CCC3CC(c4cc(F)c(Cl)c(F)c4)CCC32)C1. The van der Waals surface area contributed by atoms with Crippen LogP contribution in [0.2, 0.25) is 5.02 Å². The average molecular weight is 407 g/mol. The third-order valence-corrected chi connectivity index (χ3v) is 8.47. The molecule has 0 nitrogen and oxygen atoms in total. The van der Waals surface area contributed by atoms with E-state index in [2.05, 4.69) is 19.1 Å². The van der Waals surface area contributed by atoms with Crippen LogP contribution in [0.15, 0.2) is 24.3 Å². The van der Waals surface area contributed by atoms with E-state index in [-0.39, 0.29) is 10.9 Å². The predicted octanol–water partition coefficient (Wildman–Crippen LogP) is 8.30. The van der Waals surface area contributed by atoms with E-state index in [1.54, 1.807) is 0 Å². The maximum Gasteiger partial charge on any atom is 0.145 e. The zero-order valence-electron chi connectivity index (χ0n) is 17.0. The van der Waals surface area contributed by atoms with Gasteiger partial charge in [0.25, 0.3) is 0 Å². The van der Waals surface area contributed by atoms with Gasteiger partial charge in [-0.15, -0.1) is 0 Å². The Bertz CT molecular complexity index is 689. The van der Waals surface area contributed by atoms with Crippen LogP contribution in [-0.4, -0.2) is 0 Å². The zero-order valence-corrected chi connectivity index (χ0v) is 17.7. The first-order chi connectivity index (χ1) is 13.6. The van der Waals surface area contributed by atoms with Crippen molar-refractivity contribution in [3.63, 3.8) is 0 Å². The van der Waals surface area contributed by atoms with Crippen molar-refractivity contribution in [2.45, 2.75) is 77.0 Å². The molecule has 6 atom stereocenters. The number of halogens is 3. The number of fused-ring (bicyclic) bond motifs is 3. The van der Waals surface area contributed by atoms with Crippen LogP contribution < -0.4 is 0 Å². The number of allylic oxidation sites excluding steroid dienone is 2. The fourth-order valence-electron chi connectivity index (χ4n) is 6.77. The molecular weight excluding hydrogens is 374 g/mol. The van der Waals surface area contributed by atoms with Gasteiger partial charge in [0.2, 0.25) is 0 Å². The van der Waals surface area contributed by atoms with E-state index in [0.717, 1.165) is 48.0 Å². The summed E-state index contributed by atoms with van der Waals surface area (Å²) < 4.78 is 27.8. The van der Waals surface area contributed by atoms with Gasteiger partial charge in [0.1, 0.15) is 16.7 Å². The normalized spacial score (nSPS) is 35.6. The maximum atomic E-state index is 13.9. The van der Waals surface area contributed by atoms with Gasteiger partial charge in [-0.3, -0.25) is 0 Å². The minimum Gasteiger partial charge on any atom is -0.205 e. The Morgan fingerprint density at radius 2 is 1.57 bits per heavy atom. The quantitative estimate of drug-likeness (QED) is 0.348. The first-order valence-electron chi connectivity index (χ1n) is 11.3. The average Bonchev–Trinajstić information content (AvgIpc) is 2.71. The molecule has 0 bridgehead atoms. The molecule has 0 amide bonds. The van der Waals surface area contributed by atoms with Gasteiger partial charge in [-0.05, 0) is 118 Å². The summed E-state index contributed by atoms with van der Waals surface area (Å²) in [7, 11) is 0. The van der Waals surface area contributed by atoms with Crippen LogP contribution >= 0.6 is 11.6 Å². The molecule has 0 heterocycles. The molecule has 3 saturated carbocycles. The molecule has 0 radical (unpaired) electrons. The second-order valence-corrected chi connectivity index (χ2v) is 9.94. The molecule has 1 aromatic rings. The van der Waals surface area contributed by atoms with Crippen molar-refractivity contribution < 1.29 is 8.78 Å². The van der Waals surface area contributed by atoms with Crippen LogP contribution in [-0.2, 0) is 0 Å². The highest BCUT2D eigenvalue weighted by Crippen LogP contribution is 2.55. The van der Waals surface area contributed by atoms with Gasteiger partial charge in [-0.25, -0.2) is 8.78 Å². The first kappa shape index (κ1) is 20.4. The lowest BCUT2D eigenvalue weighted by molar-refractivity contribution is 0.00562. The minimum atomic E-state index is -0.612. The van der Waals surface area contributed by atoms with E-state index < -0.39 is 11.6 Å². The summed E-state index contributed by atoms with van der Waals surface area (Å²) in [4.78, 5) is 0. The van der Waals surface area contributed by atoms with Gasteiger partial charge < -0.3 is 0 Å². The molecule has 3 aliphatic carbocycles. The summed E-state index contributed by atoms with van der Waals surface area (Å²) in [5, 5.41) is -0.371. The fourth-order valence-corrected chi connectivity index (χ4v) is 6.87. The summed E-state index contributed by atoms with van der Waals surface area (Å²) in [6.07, 6.45) is 17.4. The number of benzene rings is 1. The van der Waals surface area contributed by atoms with E-state index in [1.807, 2.05) is 0 Å². The summed E-state index contributed by atoms with van der Waals surface area (Å²) in [6, 6.07) is 2.94. The maximum absolute atomic E-state index is 13.9. The highest BCUT2D eigenvalue weighted by molar-refractivity contribution is 6.30. The molecule has 28 heavy (non-hydrogen) atoms. The molecule has 154 valence electrons. The van der Waals surface area contributed by atoms with Gasteiger partial charge in [0.15, 0.2) is 0 Å². The Labute approximate surface area is 173 Å². The second kappa shape index (κ2) is 8.86. The predicted molar refractivity (Wildman–Crippen MR) is 113 cm³/mol. The molecule has 0 aliphatic heterocycles. The molecule has 0 spiro atoms. The van der Waals surface area contributed by atoms with Crippen molar-refractivity contribution in [3.05, 3.63) is 46.5 Å². The van der Waals surface area contributed by atoms with Crippen molar-refractivity contribution in [2.75, 3.05) is 0 Å². The molecule has 0 aromatic heterocycles. The topological polar surface area (TPSA) is 0 Å². The molecule has 0 saturated heterocycles. The summed E-state index contributed by atoms with van der Waals surface area (Å²) in [6.45, 7) is 2.11. The van der Waals surface area contributed by atoms with Gasteiger partial charge in [-0.1, -0.05) is 30.2 Å². The Morgan fingerprint density at radius 3 is 2.25 bits per heavy atom. The van der Waals surface area contributed by atoms with Crippen molar-refractivity contribution in [3.8, 4) is 0 Å². The van der Waals surface area contributed by atoms with Gasteiger partial charge in [0, 0.05) is 0 Å². The lowest BCUT2D eigenvalue weighted by atomic mass is 9.55. The van der Waals surface area contributed by atoms with Crippen LogP contribution in [0.5, 0.6) is 0 Å². The summed E-state index contributed by atoms with van der Waals surface area (Å²) in [5.74, 6) is 3.39. The number of hydrogen-bond donors (Lipinski definition) is 0. The van der Waals surface area contributed by atoms with Gasteiger partial charge in [0.05, 0.1) is 0 Å². The van der Waals surface area contributed by atoms with Crippen LogP contribution in [0.25, 0.3) is 0 Å². The lowest BCUT2D eigenvalue weighted by Gasteiger charge is -2.51. The Hall–Kier alpha value is -0.890. The third kappa shape index (κ3) is 4.18. The van der Waals surface area contributed by atoms with Crippen molar-refractivity contribution in [1.82, 2.24) is 0 Å². The van der Waals surface area contributed by atoms with E-state index in [1.165, 1.54) is 63.5 Å². The second-order valence-electron chi connectivity index (χ2n) is 9.56. The smallest absolute Gasteiger partial charge is 0.145 e. The zero-order chi connectivity index (χ0) is 19.7. The number of hydrogen-bond acceptors (Lipinski definition) is 0. The van der Waals surface area contributed by atoms with Crippen LogP contribution in [0, 0.1) is 41.2 Å². The number of rotatable bonds is 4. The monoisotopic (exact) mass is 406 g/mol. The molecule has 4 rings (SSSR count). The largest absolute Gasteiger partial charge is 0.205 e. The standard InChI is InChI=1S/C25H33ClF2/c1-2-3-4-5-16-6-10-21-18(12-16)7-8-19-13-17(9-11-22(19)21)20-14-23(27)25(26)24(28)15-20/h2-3,14-19,21-22H,4-13H2,1H3. The molecule has 0 N–H and O–H groups in total. The minimum absolute atomic E-state index is 0.288. The molecule has 3 heteroatoms. The molecule has 1 aromatic carbocycles. The summed E-state index contributed by atoms with van der Waals surface area (Å²) in [5.41, 5.74) is 0.813. The fraction of sp³-hybridized carbons (Fsp3) is 0.680. The Balaban J connectivity index is 1.38. The van der Waals surface area contributed by atoms with Crippen molar-refractivity contribution >= 4 is 11.6 Å². The van der Waals surface area contributed by atoms with Gasteiger partial charge in [-0.2, -0.15) is 0 Å². The highest BCUT2D eigenvalue weighted by atomic mass is 35.5. The molecule has 3 fully saturated rings. The summed E-state index contributed by atoms with van der Waals surface area (Å²) >= 11 is 5.67. The van der Waals surface area contributed by atoms with Crippen molar-refractivity contribution in [1.29, 1.82) is 0 Å². The van der Waals surface area contributed by atoms with Crippen LogP contribution in [0.3, 0.4) is 0 Å². The van der Waals surface area contributed by atoms with Crippen LogP contribution in [0.1, 0.15) is 82.6 Å². The van der Waals surface area contributed by atoms with E-state index in [0.29, 0.717) is 0 Å². The van der Waals surface area contributed by atoms with E-state index in [4.69, 9.17) is 11.6 Å². The van der Waals surface area contributed by atoms with Crippen molar-refractivity contribution in [2.24, 2.45) is 29.6 Å². The molecular formula is C25H33ClF2. The Kier molecular flexibility index (Phi) is 6.45. The third-order valence-electron chi connectivity index (χ3n) is 8.10. The molecule has 3 aliphatic rings. The highest BCUT2D eigenvalue weighted by Gasteiger charge is 2.44. The van der Waals surface area contributed by atoms with Crippen LogP contribution in [0.4, 0.5) is 8.78 Å². The molecule has 6 unspecified atom stereocenters.